The van der Waals surface area contributed by atoms with Crippen LogP contribution >= 0.6 is 12.4 Å². The molecule has 0 amide bonds. The fourth-order valence-corrected chi connectivity index (χ4v) is 0.566. The molecule has 1 rings (SSSR count). The zero-order chi connectivity index (χ0) is 6.85. The maximum atomic E-state index is 10.6. The zero-order valence-corrected chi connectivity index (χ0v) is 6.23. The van der Waals surface area contributed by atoms with Gasteiger partial charge in [-0.3, -0.25) is 4.79 Å². The molecule has 0 fully saturated rings. The SMILES string of the molecule is Cc1cc(=O)c(O)c[nH]1.Cl. The van der Waals surface area contributed by atoms with Crippen LogP contribution in [0.5, 0.6) is 5.75 Å². The first kappa shape index (κ1) is 9.04. The standard InChI is InChI=1S/C6H7NO2.ClH/c1-4-2-5(8)6(9)3-7-4;/h2-3,9H,1H3,(H,7,8);1H. The molecule has 0 aliphatic carbocycles. The van der Waals surface area contributed by atoms with Crippen LogP contribution in [0, 0.1) is 6.92 Å². The molecule has 0 aromatic carbocycles. The number of aromatic amines is 1. The molecule has 0 spiro atoms. The second-order valence-corrected chi connectivity index (χ2v) is 1.87. The molecule has 0 radical (unpaired) electrons. The molecule has 0 unspecified atom stereocenters. The van der Waals surface area contributed by atoms with Crippen LogP contribution in [-0.4, -0.2) is 10.1 Å². The largest absolute Gasteiger partial charge is 0.503 e. The Morgan fingerprint density at radius 1 is 1.60 bits per heavy atom. The van der Waals surface area contributed by atoms with Crippen molar-refractivity contribution in [3.05, 3.63) is 28.2 Å². The van der Waals surface area contributed by atoms with E-state index in [1.54, 1.807) is 6.92 Å². The highest BCUT2D eigenvalue weighted by Crippen LogP contribution is 1.95. The van der Waals surface area contributed by atoms with E-state index in [4.69, 9.17) is 5.11 Å². The lowest BCUT2D eigenvalue weighted by atomic mass is 10.4. The topological polar surface area (TPSA) is 53.1 Å². The number of rotatable bonds is 0. The van der Waals surface area contributed by atoms with Gasteiger partial charge in [0.2, 0.25) is 5.43 Å². The summed E-state index contributed by atoms with van der Waals surface area (Å²) in [6.45, 7) is 1.75. The minimum absolute atomic E-state index is 0. The van der Waals surface area contributed by atoms with E-state index < -0.39 is 0 Å². The molecule has 0 atom stereocenters. The molecule has 4 heteroatoms. The summed E-state index contributed by atoms with van der Waals surface area (Å²) in [6, 6.07) is 1.34. The van der Waals surface area contributed by atoms with E-state index in [1.165, 1.54) is 12.3 Å². The fourth-order valence-electron chi connectivity index (χ4n) is 0.566. The Bertz CT molecular complexity index is 269. The lowest BCUT2D eigenvalue weighted by Crippen LogP contribution is -1.99. The average Bonchev–Trinajstić information content (AvgIpc) is 1.80. The van der Waals surface area contributed by atoms with Gasteiger partial charge in [0.05, 0.1) is 0 Å². The molecule has 1 heterocycles. The molecule has 0 saturated heterocycles. The first-order valence-corrected chi connectivity index (χ1v) is 2.58. The van der Waals surface area contributed by atoms with E-state index >= 15 is 0 Å². The molecule has 1 aromatic heterocycles. The third-order valence-corrected chi connectivity index (χ3v) is 1.04. The Hall–Kier alpha value is -0.960. The van der Waals surface area contributed by atoms with E-state index in [0.29, 0.717) is 0 Å². The first-order valence-electron chi connectivity index (χ1n) is 2.58. The summed E-state index contributed by atoms with van der Waals surface area (Å²) in [4.78, 5) is 13.3. The lowest BCUT2D eigenvalue weighted by molar-refractivity contribution is 0.467. The highest BCUT2D eigenvalue weighted by atomic mass is 35.5. The number of aryl methyl sites for hydroxylation is 1. The average molecular weight is 162 g/mol. The van der Waals surface area contributed by atoms with Gasteiger partial charge in [-0.05, 0) is 6.92 Å². The fraction of sp³-hybridized carbons (Fsp3) is 0.167. The smallest absolute Gasteiger partial charge is 0.223 e. The number of pyridine rings is 1. The van der Waals surface area contributed by atoms with Crippen LogP contribution in [0.4, 0.5) is 0 Å². The van der Waals surface area contributed by atoms with Gasteiger partial charge in [0.25, 0.3) is 0 Å². The highest BCUT2D eigenvalue weighted by Gasteiger charge is 1.92. The number of hydrogen-bond acceptors (Lipinski definition) is 2. The normalized spacial score (nSPS) is 8.50. The summed E-state index contributed by atoms with van der Waals surface area (Å²) < 4.78 is 0. The van der Waals surface area contributed by atoms with E-state index in [-0.39, 0.29) is 23.6 Å². The Balaban J connectivity index is 0.000000810. The molecule has 10 heavy (non-hydrogen) atoms. The molecule has 3 nitrogen and oxygen atoms in total. The van der Waals surface area contributed by atoms with Crippen molar-refractivity contribution in [1.29, 1.82) is 0 Å². The van der Waals surface area contributed by atoms with Crippen molar-refractivity contribution in [2.24, 2.45) is 0 Å². The summed E-state index contributed by atoms with van der Waals surface area (Å²) in [5.41, 5.74) is 0.407. The van der Waals surface area contributed by atoms with Gasteiger partial charge in [0.1, 0.15) is 0 Å². The molecule has 0 saturated carbocycles. The predicted molar refractivity (Wildman–Crippen MR) is 40.7 cm³/mol. The molecule has 0 bridgehead atoms. The van der Waals surface area contributed by atoms with Gasteiger partial charge in [-0.2, -0.15) is 0 Å². The van der Waals surface area contributed by atoms with Crippen molar-refractivity contribution >= 4 is 12.4 Å². The summed E-state index contributed by atoms with van der Waals surface area (Å²) in [5, 5.41) is 8.70. The van der Waals surface area contributed by atoms with Gasteiger partial charge in [-0.15, -0.1) is 12.4 Å². The van der Waals surface area contributed by atoms with Crippen LogP contribution in [-0.2, 0) is 0 Å². The van der Waals surface area contributed by atoms with E-state index in [1.807, 2.05) is 0 Å². The van der Waals surface area contributed by atoms with E-state index in [0.717, 1.165) is 5.69 Å². The van der Waals surface area contributed by atoms with Crippen molar-refractivity contribution in [2.75, 3.05) is 0 Å². The quantitative estimate of drug-likeness (QED) is 0.592. The van der Waals surface area contributed by atoms with E-state index in [9.17, 15) is 4.79 Å². The van der Waals surface area contributed by atoms with E-state index in [2.05, 4.69) is 4.98 Å². The van der Waals surface area contributed by atoms with Crippen LogP contribution < -0.4 is 5.43 Å². The minimum atomic E-state index is -0.341. The molecule has 1 aromatic rings. The number of hydrogen-bond donors (Lipinski definition) is 2. The highest BCUT2D eigenvalue weighted by molar-refractivity contribution is 5.85. The van der Waals surface area contributed by atoms with Gasteiger partial charge in [-0.1, -0.05) is 0 Å². The van der Waals surface area contributed by atoms with Gasteiger partial charge >= 0.3 is 0 Å². The summed E-state index contributed by atoms with van der Waals surface area (Å²) >= 11 is 0. The van der Waals surface area contributed by atoms with Gasteiger partial charge in [0.15, 0.2) is 5.75 Å². The van der Waals surface area contributed by atoms with Crippen molar-refractivity contribution in [1.82, 2.24) is 4.98 Å². The number of H-pyrrole nitrogens is 1. The monoisotopic (exact) mass is 161 g/mol. The maximum Gasteiger partial charge on any atom is 0.223 e. The summed E-state index contributed by atoms with van der Waals surface area (Å²) in [6.07, 6.45) is 1.28. The molecular weight excluding hydrogens is 154 g/mol. The molecule has 0 aliphatic rings. The Morgan fingerprint density at radius 2 is 2.20 bits per heavy atom. The Morgan fingerprint density at radius 3 is 2.60 bits per heavy atom. The van der Waals surface area contributed by atoms with Crippen molar-refractivity contribution in [3.8, 4) is 5.75 Å². The first-order chi connectivity index (χ1) is 4.20. The summed E-state index contributed by atoms with van der Waals surface area (Å²) in [7, 11) is 0. The van der Waals surface area contributed by atoms with Crippen LogP contribution in [0.2, 0.25) is 0 Å². The van der Waals surface area contributed by atoms with Crippen LogP contribution in [0.15, 0.2) is 17.1 Å². The van der Waals surface area contributed by atoms with Crippen molar-refractivity contribution in [2.45, 2.75) is 6.92 Å². The van der Waals surface area contributed by atoms with Crippen LogP contribution in [0.25, 0.3) is 0 Å². The van der Waals surface area contributed by atoms with Crippen LogP contribution in [0.1, 0.15) is 5.69 Å². The maximum absolute atomic E-state index is 10.6. The lowest BCUT2D eigenvalue weighted by Gasteiger charge is -1.90. The van der Waals surface area contributed by atoms with Gasteiger partial charge in [-0.25, -0.2) is 0 Å². The second-order valence-electron chi connectivity index (χ2n) is 1.87. The number of aromatic nitrogens is 1. The third kappa shape index (κ3) is 1.77. The van der Waals surface area contributed by atoms with Gasteiger partial charge in [0, 0.05) is 18.0 Å². The number of nitrogens with one attached hydrogen (secondary N) is 1. The van der Waals surface area contributed by atoms with Gasteiger partial charge < -0.3 is 10.1 Å². The van der Waals surface area contributed by atoms with Crippen molar-refractivity contribution in [3.63, 3.8) is 0 Å². The molecule has 0 aliphatic heterocycles. The predicted octanol–water partition coefficient (Wildman–Crippen LogP) is 0.811. The summed E-state index contributed by atoms with van der Waals surface area (Å²) in [5.74, 6) is -0.236. The minimum Gasteiger partial charge on any atom is -0.503 e. The zero-order valence-electron chi connectivity index (χ0n) is 5.42. The third-order valence-electron chi connectivity index (χ3n) is 1.04. The molecule has 2 N–H and O–H groups in total. The number of halogens is 1. The Labute approximate surface area is 64.1 Å². The van der Waals surface area contributed by atoms with Crippen molar-refractivity contribution < 1.29 is 5.11 Å². The molecule has 56 valence electrons. The Kier molecular flexibility index (Phi) is 2.96. The number of aromatic hydroxyl groups is 1. The van der Waals surface area contributed by atoms with Crippen LogP contribution in [0.3, 0.4) is 0 Å². The second kappa shape index (κ2) is 3.27. The molecular formula is C6H8ClNO2.